The van der Waals surface area contributed by atoms with Gasteiger partial charge in [0.1, 0.15) is 0 Å². The number of rotatable bonds is 2. The van der Waals surface area contributed by atoms with Crippen molar-refractivity contribution in [2.24, 2.45) is 5.41 Å². The summed E-state index contributed by atoms with van der Waals surface area (Å²) in [6.45, 7) is 8.46. The Labute approximate surface area is 107 Å². The van der Waals surface area contributed by atoms with Crippen molar-refractivity contribution in [1.29, 1.82) is 0 Å². The van der Waals surface area contributed by atoms with Crippen molar-refractivity contribution in [3.63, 3.8) is 0 Å². The molecule has 1 aromatic heterocycles. The second kappa shape index (κ2) is 4.56. The molecule has 0 amide bonds. The summed E-state index contributed by atoms with van der Waals surface area (Å²) in [6.07, 6.45) is 1.28. The topological polar surface area (TPSA) is 24.9 Å². The van der Waals surface area contributed by atoms with Gasteiger partial charge in [0.05, 0.1) is 17.4 Å². The smallest absolute Gasteiger partial charge is 0.165 e. The van der Waals surface area contributed by atoms with Crippen molar-refractivity contribution >= 4 is 16.6 Å². The zero-order chi connectivity index (χ0) is 13.3. The fraction of sp³-hybridized carbons (Fsp3) is 0.400. The maximum atomic E-state index is 13.9. The standard InChI is InChI=1S/C15H19FN2/c1-10(15(2,3)4)18-14-11-7-5-6-8-13(11)17-9-12(14)16/h5-10H,1-4H3,(H,17,18)/t10-/m0/s1. The van der Waals surface area contributed by atoms with Crippen molar-refractivity contribution < 1.29 is 4.39 Å². The molecule has 0 fully saturated rings. The molecule has 0 aliphatic carbocycles. The lowest BCUT2D eigenvalue weighted by Gasteiger charge is -2.29. The molecule has 0 saturated carbocycles. The Morgan fingerprint density at radius 2 is 1.89 bits per heavy atom. The molecule has 0 bridgehead atoms. The number of halogens is 1. The van der Waals surface area contributed by atoms with Crippen molar-refractivity contribution in [3.05, 3.63) is 36.3 Å². The molecule has 2 nitrogen and oxygen atoms in total. The van der Waals surface area contributed by atoms with Gasteiger partial charge in [-0.1, -0.05) is 39.0 Å². The van der Waals surface area contributed by atoms with Crippen LogP contribution in [0.3, 0.4) is 0 Å². The van der Waals surface area contributed by atoms with E-state index in [9.17, 15) is 4.39 Å². The van der Waals surface area contributed by atoms with Gasteiger partial charge in [-0.25, -0.2) is 4.39 Å². The molecule has 0 radical (unpaired) electrons. The molecule has 0 unspecified atom stereocenters. The van der Waals surface area contributed by atoms with Crippen LogP contribution < -0.4 is 5.32 Å². The molecule has 2 aromatic rings. The van der Waals surface area contributed by atoms with Crippen LogP contribution in [-0.2, 0) is 0 Å². The van der Waals surface area contributed by atoms with E-state index in [2.05, 4.69) is 38.0 Å². The fourth-order valence-corrected chi connectivity index (χ4v) is 1.70. The molecule has 1 aromatic carbocycles. The van der Waals surface area contributed by atoms with Gasteiger partial charge in [-0.2, -0.15) is 0 Å². The van der Waals surface area contributed by atoms with E-state index in [0.29, 0.717) is 5.69 Å². The van der Waals surface area contributed by atoms with E-state index in [0.717, 1.165) is 10.9 Å². The number of fused-ring (bicyclic) bond motifs is 1. The number of benzene rings is 1. The Kier molecular flexibility index (Phi) is 3.24. The summed E-state index contributed by atoms with van der Waals surface area (Å²) in [5.74, 6) is -0.301. The van der Waals surface area contributed by atoms with Crippen molar-refractivity contribution in [3.8, 4) is 0 Å². The zero-order valence-corrected chi connectivity index (χ0v) is 11.3. The first-order valence-corrected chi connectivity index (χ1v) is 6.19. The predicted octanol–water partition coefficient (Wildman–Crippen LogP) is 4.22. The molecule has 1 N–H and O–H groups in total. The number of para-hydroxylation sites is 1. The highest BCUT2D eigenvalue weighted by molar-refractivity contribution is 5.91. The van der Waals surface area contributed by atoms with E-state index in [1.807, 2.05) is 24.3 Å². The predicted molar refractivity (Wildman–Crippen MR) is 74.2 cm³/mol. The monoisotopic (exact) mass is 246 g/mol. The fourth-order valence-electron chi connectivity index (χ4n) is 1.70. The van der Waals surface area contributed by atoms with E-state index < -0.39 is 0 Å². The van der Waals surface area contributed by atoms with Gasteiger partial charge in [-0.15, -0.1) is 0 Å². The Morgan fingerprint density at radius 1 is 1.22 bits per heavy atom. The Bertz CT molecular complexity index is 558. The highest BCUT2D eigenvalue weighted by Crippen LogP contribution is 2.29. The Morgan fingerprint density at radius 3 is 2.56 bits per heavy atom. The number of aromatic nitrogens is 1. The van der Waals surface area contributed by atoms with Crippen LogP contribution in [0.5, 0.6) is 0 Å². The molecule has 1 atom stereocenters. The van der Waals surface area contributed by atoms with Gasteiger partial charge in [0, 0.05) is 11.4 Å². The van der Waals surface area contributed by atoms with Crippen LogP contribution in [0, 0.1) is 11.2 Å². The summed E-state index contributed by atoms with van der Waals surface area (Å²) in [5, 5.41) is 4.11. The molecule has 2 rings (SSSR count). The summed E-state index contributed by atoms with van der Waals surface area (Å²) in [4.78, 5) is 4.10. The third-order valence-electron chi connectivity index (χ3n) is 3.39. The Balaban J connectivity index is 2.47. The van der Waals surface area contributed by atoms with Gasteiger partial charge in [-0.05, 0) is 18.4 Å². The number of pyridine rings is 1. The largest absolute Gasteiger partial charge is 0.379 e. The van der Waals surface area contributed by atoms with Gasteiger partial charge in [-0.3, -0.25) is 4.98 Å². The SMILES string of the molecule is C[C@H](Nc1c(F)cnc2ccccc12)C(C)(C)C. The number of nitrogens with zero attached hydrogens (tertiary/aromatic N) is 1. The van der Waals surface area contributed by atoms with Crippen molar-refractivity contribution in [2.45, 2.75) is 33.7 Å². The van der Waals surface area contributed by atoms with E-state index in [1.165, 1.54) is 6.20 Å². The van der Waals surface area contributed by atoms with E-state index in [-0.39, 0.29) is 17.3 Å². The molecule has 0 aliphatic rings. The van der Waals surface area contributed by atoms with Crippen molar-refractivity contribution in [2.75, 3.05) is 5.32 Å². The second-order valence-corrected chi connectivity index (χ2v) is 5.73. The highest BCUT2D eigenvalue weighted by Gasteiger charge is 2.21. The molecule has 0 saturated heterocycles. The first-order valence-electron chi connectivity index (χ1n) is 6.19. The molecule has 0 spiro atoms. The summed E-state index contributed by atoms with van der Waals surface area (Å²) in [5.41, 5.74) is 1.42. The third kappa shape index (κ3) is 2.45. The van der Waals surface area contributed by atoms with Gasteiger partial charge >= 0.3 is 0 Å². The van der Waals surface area contributed by atoms with Crippen LogP contribution in [0.1, 0.15) is 27.7 Å². The summed E-state index contributed by atoms with van der Waals surface area (Å²) < 4.78 is 13.9. The molecular weight excluding hydrogens is 227 g/mol. The van der Waals surface area contributed by atoms with E-state index >= 15 is 0 Å². The zero-order valence-electron chi connectivity index (χ0n) is 11.3. The highest BCUT2D eigenvalue weighted by atomic mass is 19.1. The number of hydrogen-bond donors (Lipinski definition) is 1. The molecule has 0 aliphatic heterocycles. The van der Waals surface area contributed by atoms with Gasteiger partial charge in [0.15, 0.2) is 5.82 Å². The van der Waals surface area contributed by atoms with Crippen LogP contribution in [0.25, 0.3) is 10.9 Å². The quantitative estimate of drug-likeness (QED) is 0.858. The number of nitrogens with one attached hydrogen (secondary N) is 1. The van der Waals surface area contributed by atoms with Crippen LogP contribution >= 0.6 is 0 Å². The minimum atomic E-state index is -0.301. The van der Waals surface area contributed by atoms with E-state index in [1.54, 1.807) is 0 Å². The average molecular weight is 246 g/mol. The molecule has 3 heteroatoms. The first kappa shape index (κ1) is 12.8. The van der Waals surface area contributed by atoms with Crippen LogP contribution in [0.2, 0.25) is 0 Å². The van der Waals surface area contributed by atoms with Crippen molar-refractivity contribution in [1.82, 2.24) is 4.98 Å². The second-order valence-electron chi connectivity index (χ2n) is 5.73. The van der Waals surface area contributed by atoms with Gasteiger partial charge in [0.2, 0.25) is 0 Å². The number of anilines is 1. The maximum absolute atomic E-state index is 13.9. The maximum Gasteiger partial charge on any atom is 0.165 e. The summed E-state index contributed by atoms with van der Waals surface area (Å²) >= 11 is 0. The lowest BCUT2D eigenvalue weighted by atomic mass is 9.88. The summed E-state index contributed by atoms with van der Waals surface area (Å²) in [7, 11) is 0. The molecular formula is C15H19FN2. The minimum Gasteiger partial charge on any atom is -0.379 e. The number of hydrogen-bond acceptors (Lipinski definition) is 2. The van der Waals surface area contributed by atoms with Gasteiger partial charge < -0.3 is 5.32 Å². The third-order valence-corrected chi connectivity index (χ3v) is 3.39. The average Bonchev–Trinajstić information content (AvgIpc) is 2.31. The normalized spacial score (nSPS) is 13.6. The Hall–Kier alpha value is -1.64. The van der Waals surface area contributed by atoms with Crippen LogP contribution in [0.15, 0.2) is 30.5 Å². The lowest BCUT2D eigenvalue weighted by Crippen LogP contribution is -2.31. The summed E-state index contributed by atoms with van der Waals surface area (Å²) in [6, 6.07) is 7.75. The van der Waals surface area contributed by atoms with Crippen LogP contribution in [-0.4, -0.2) is 11.0 Å². The lowest BCUT2D eigenvalue weighted by molar-refractivity contribution is 0.358. The first-order chi connectivity index (χ1) is 8.39. The van der Waals surface area contributed by atoms with E-state index in [4.69, 9.17) is 0 Å². The molecule has 96 valence electrons. The van der Waals surface area contributed by atoms with Gasteiger partial charge in [0.25, 0.3) is 0 Å². The van der Waals surface area contributed by atoms with Crippen LogP contribution in [0.4, 0.5) is 10.1 Å². The molecule has 1 heterocycles. The minimum absolute atomic E-state index is 0.0663. The molecule has 18 heavy (non-hydrogen) atoms.